The van der Waals surface area contributed by atoms with Crippen molar-refractivity contribution in [3.05, 3.63) is 18.1 Å². The third-order valence-electron chi connectivity index (χ3n) is 5.85. The first-order valence-corrected chi connectivity index (χ1v) is 9.55. The highest BCUT2D eigenvalue weighted by molar-refractivity contribution is 6.07. The molecule has 0 radical (unpaired) electrons. The molecule has 1 aromatic rings. The molecule has 4 rings (SSSR count). The minimum Gasteiger partial charge on any atom is -0.378 e. The number of nitrogens with zero attached hydrogens (tertiary/aromatic N) is 4. The number of rotatable bonds is 3. The fourth-order valence-electron chi connectivity index (χ4n) is 4.07. The Morgan fingerprint density at radius 3 is 2.54 bits per heavy atom. The van der Waals surface area contributed by atoms with Crippen molar-refractivity contribution in [3.63, 3.8) is 0 Å². The van der Waals surface area contributed by atoms with E-state index in [1.165, 1.54) is 6.20 Å². The number of imide groups is 1. The highest BCUT2D eigenvalue weighted by atomic mass is 16.5. The molecule has 3 aliphatic rings. The molecule has 1 aromatic heterocycles. The van der Waals surface area contributed by atoms with Crippen LogP contribution < -0.4 is 15.5 Å². The van der Waals surface area contributed by atoms with Crippen LogP contribution in [0.1, 0.15) is 30.3 Å². The van der Waals surface area contributed by atoms with Gasteiger partial charge in [-0.3, -0.25) is 19.9 Å². The lowest BCUT2D eigenvalue weighted by molar-refractivity contribution is -0.125. The minimum atomic E-state index is -0.872. The molecule has 2 N–H and O–H groups in total. The zero-order chi connectivity index (χ0) is 19.7. The third kappa shape index (κ3) is 3.39. The Hall–Kier alpha value is -2.75. The van der Waals surface area contributed by atoms with Crippen LogP contribution in [-0.4, -0.2) is 77.6 Å². The van der Waals surface area contributed by atoms with Gasteiger partial charge in [0.1, 0.15) is 17.1 Å². The van der Waals surface area contributed by atoms with Crippen LogP contribution in [0.4, 0.5) is 10.6 Å². The van der Waals surface area contributed by atoms with Gasteiger partial charge in [0.25, 0.3) is 11.8 Å². The Morgan fingerprint density at radius 1 is 1.18 bits per heavy atom. The number of piperidine rings is 1. The maximum atomic E-state index is 12.6. The second kappa shape index (κ2) is 7.34. The number of hydrogen-bond donors (Lipinski definition) is 2. The van der Waals surface area contributed by atoms with E-state index in [1.54, 1.807) is 18.0 Å². The van der Waals surface area contributed by atoms with Crippen molar-refractivity contribution < 1.29 is 19.1 Å². The second-order valence-electron chi connectivity index (χ2n) is 7.54. The molecule has 4 amide bonds. The van der Waals surface area contributed by atoms with Gasteiger partial charge >= 0.3 is 6.03 Å². The Labute approximate surface area is 162 Å². The van der Waals surface area contributed by atoms with Crippen LogP contribution in [0.15, 0.2) is 12.4 Å². The smallest absolute Gasteiger partial charge is 0.322 e. The van der Waals surface area contributed by atoms with Gasteiger partial charge in [0, 0.05) is 26.2 Å². The molecule has 3 fully saturated rings. The van der Waals surface area contributed by atoms with Crippen molar-refractivity contribution in [1.29, 1.82) is 0 Å². The minimum absolute atomic E-state index is 0.0429. The van der Waals surface area contributed by atoms with Gasteiger partial charge in [-0.25, -0.2) is 9.78 Å². The standard InChI is InChI=1S/C18H24N6O4/c1-18(16(26)21-17(27)22-18)12-2-4-23(5-3-12)14-11-19-10-13(20-14)15(25)24-6-8-28-9-7-24/h10-12H,2-9H2,1H3,(H2,21,22,26,27). The van der Waals surface area contributed by atoms with Crippen molar-refractivity contribution in [2.45, 2.75) is 25.3 Å². The quantitative estimate of drug-likeness (QED) is 0.687. The largest absolute Gasteiger partial charge is 0.378 e. The van der Waals surface area contributed by atoms with E-state index in [4.69, 9.17) is 4.74 Å². The lowest BCUT2D eigenvalue weighted by Crippen LogP contribution is -2.54. The van der Waals surface area contributed by atoms with Gasteiger partial charge in [-0.2, -0.15) is 0 Å². The van der Waals surface area contributed by atoms with Gasteiger partial charge in [-0.15, -0.1) is 0 Å². The molecule has 0 aromatic carbocycles. The summed E-state index contributed by atoms with van der Waals surface area (Å²) in [6.45, 7) is 5.31. The Balaban J connectivity index is 1.42. The maximum absolute atomic E-state index is 12.6. The Morgan fingerprint density at radius 2 is 1.89 bits per heavy atom. The number of hydrogen-bond acceptors (Lipinski definition) is 7. The number of ether oxygens (including phenoxy) is 1. The van der Waals surface area contributed by atoms with Crippen molar-refractivity contribution >= 4 is 23.7 Å². The van der Waals surface area contributed by atoms with Crippen LogP contribution in [0.3, 0.4) is 0 Å². The van der Waals surface area contributed by atoms with Crippen molar-refractivity contribution in [1.82, 2.24) is 25.5 Å². The topological polar surface area (TPSA) is 117 Å². The number of urea groups is 1. The fourth-order valence-corrected chi connectivity index (χ4v) is 4.07. The summed E-state index contributed by atoms with van der Waals surface area (Å²) in [5, 5.41) is 5.08. The molecular formula is C18H24N6O4. The fraction of sp³-hybridized carbons (Fsp3) is 0.611. The first kappa shape index (κ1) is 18.6. The predicted octanol–water partition coefficient (Wildman–Crippen LogP) is -0.236. The molecule has 4 heterocycles. The van der Waals surface area contributed by atoms with Crippen LogP contribution in [0.25, 0.3) is 0 Å². The summed E-state index contributed by atoms with van der Waals surface area (Å²) in [5.74, 6) is 0.295. The molecule has 0 saturated carbocycles. The summed E-state index contributed by atoms with van der Waals surface area (Å²) in [4.78, 5) is 48.8. The van der Waals surface area contributed by atoms with Gasteiger partial charge in [0.2, 0.25) is 0 Å². The summed E-state index contributed by atoms with van der Waals surface area (Å²) in [6.07, 6.45) is 4.61. The molecule has 1 unspecified atom stereocenters. The van der Waals surface area contributed by atoms with E-state index in [0.29, 0.717) is 50.9 Å². The van der Waals surface area contributed by atoms with E-state index in [1.807, 2.05) is 0 Å². The first-order valence-electron chi connectivity index (χ1n) is 9.55. The molecule has 28 heavy (non-hydrogen) atoms. The monoisotopic (exact) mass is 388 g/mol. The van der Waals surface area contributed by atoms with E-state index >= 15 is 0 Å². The summed E-state index contributed by atoms with van der Waals surface area (Å²) in [7, 11) is 0. The highest BCUT2D eigenvalue weighted by Gasteiger charge is 2.48. The van der Waals surface area contributed by atoms with Crippen LogP contribution in [0.2, 0.25) is 0 Å². The lowest BCUT2D eigenvalue weighted by atomic mass is 9.79. The average molecular weight is 388 g/mol. The van der Waals surface area contributed by atoms with Gasteiger partial charge in [0.05, 0.1) is 25.6 Å². The number of carbonyl (C=O) groups is 3. The van der Waals surface area contributed by atoms with Gasteiger partial charge < -0.3 is 19.9 Å². The van der Waals surface area contributed by atoms with E-state index < -0.39 is 11.6 Å². The molecule has 0 aliphatic carbocycles. The summed E-state index contributed by atoms with van der Waals surface area (Å²) in [5.41, 5.74) is -0.542. The number of anilines is 1. The number of morpholine rings is 1. The SMILES string of the molecule is CC1(C2CCN(c3cncc(C(=O)N4CCOCC4)n3)CC2)NC(=O)NC1=O. The number of amides is 4. The molecule has 1 atom stereocenters. The molecule has 3 saturated heterocycles. The third-order valence-corrected chi connectivity index (χ3v) is 5.85. The molecule has 0 bridgehead atoms. The predicted molar refractivity (Wildman–Crippen MR) is 98.8 cm³/mol. The van der Waals surface area contributed by atoms with Crippen molar-refractivity contribution in [3.8, 4) is 0 Å². The van der Waals surface area contributed by atoms with Crippen LogP contribution >= 0.6 is 0 Å². The normalized spacial score (nSPS) is 26.2. The summed E-state index contributed by atoms with van der Waals surface area (Å²) < 4.78 is 5.29. The average Bonchev–Trinajstić information content (AvgIpc) is 3.00. The maximum Gasteiger partial charge on any atom is 0.322 e. The summed E-state index contributed by atoms with van der Waals surface area (Å²) >= 11 is 0. The van der Waals surface area contributed by atoms with E-state index in [0.717, 1.165) is 12.8 Å². The zero-order valence-electron chi connectivity index (χ0n) is 15.8. The van der Waals surface area contributed by atoms with Gasteiger partial charge in [0.15, 0.2) is 0 Å². The second-order valence-corrected chi connectivity index (χ2v) is 7.54. The number of carbonyl (C=O) groups excluding carboxylic acids is 3. The summed E-state index contributed by atoms with van der Waals surface area (Å²) in [6, 6.07) is -0.435. The van der Waals surface area contributed by atoms with Crippen LogP contribution in [0, 0.1) is 5.92 Å². The van der Waals surface area contributed by atoms with E-state index in [2.05, 4.69) is 25.5 Å². The van der Waals surface area contributed by atoms with Crippen LogP contribution in [-0.2, 0) is 9.53 Å². The lowest BCUT2D eigenvalue weighted by Gasteiger charge is -2.39. The number of nitrogens with one attached hydrogen (secondary N) is 2. The Kier molecular flexibility index (Phi) is 4.88. The zero-order valence-corrected chi connectivity index (χ0v) is 15.8. The van der Waals surface area contributed by atoms with E-state index in [-0.39, 0.29) is 17.7 Å². The first-order chi connectivity index (χ1) is 13.5. The Bertz CT molecular complexity index is 788. The van der Waals surface area contributed by atoms with Gasteiger partial charge in [-0.05, 0) is 25.7 Å². The number of aromatic nitrogens is 2. The molecule has 10 heteroatoms. The molecule has 0 spiro atoms. The molecular weight excluding hydrogens is 364 g/mol. The molecule has 10 nitrogen and oxygen atoms in total. The van der Waals surface area contributed by atoms with Crippen LogP contribution in [0.5, 0.6) is 0 Å². The molecule has 3 aliphatic heterocycles. The highest BCUT2D eigenvalue weighted by Crippen LogP contribution is 2.31. The van der Waals surface area contributed by atoms with E-state index in [9.17, 15) is 14.4 Å². The van der Waals surface area contributed by atoms with Gasteiger partial charge in [-0.1, -0.05) is 0 Å². The van der Waals surface area contributed by atoms with Crippen molar-refractivity contribution in [2.24, 2.45) is 5.92 Å². The molecule has 150 valence electrons. The van der Waals surface area contributed by atoms with Crippen molar-refractivity contribution in [2.75, 3.05) is 44.3 Å².